The minimum Gasteiger partial charge on any atom is -0.365 e. The fraction of sp³-hybridized carbons (Fsp3) is 0.143. The molecule has 0 atom stereocenters. The van der Waals surface area contributed by atoms with Gasteiger partial charge in [0.25, 0.3) is 0 Å². The van der Waals surface area contributed by atoms with Crippen LogP contribution in [0.3, 0.4) is 0 Å². The highest BCUT2D eigenvalue weighted by atomic mass is 32.1. The Morgan fingerprint density at radius 3 is 2.79 bits per heavy atom. The van der Waals surface area contributed by atoms with Gasteiger partial charge < -0.3 is 5.32 Å². The molecule has 5 heteroatoms. The zero-order valence-electron chi connectivity index (χ0n) is 10.6. The van der Waals surface area contributed by atoms with Crippen LogP contribution in [0.15, 0.2) is 29.6 Å². The third-order valence-corrected chi connectivity index (χ3v) is 3.75. The lowest BCUT2D eigenvalue weighted by atomic mass is 10.1. The number of halogens is 1. The van der Waals surface area contributed by atoms with Crippen LogP contribution in [0.5, 0.6) is 0 Å². The van der Waals surface area contributed by atoms with Crippen LogP contribution in [-0.2, 0) is 0 Å². The highest BCUT2D eigenvalue weighted by Gasteiger charge is 2.10. The molecule has 3 rings (SSSR count). The first-order valence-electron chi connectivity index (χ1n) is 5.88. The minimum atomic E-state index is -0.261. The summed E-state index contributed by atoms with van der Waals surface area (Å²) in [5, 5.41) is 6.60. The van der Waals surface area contributed by atoms with Gasteiger partial charge in [0.15, 0.2) is 5.13 Å². The van der Waals surface area contributed by atoms with Crippen molar-refractivity contribution in [3.63, 3.8) is 0 Å². The molecule has 1 N–H and O–H groups in total. The number of aryl methyl sites for hydroxylation is 1. The van der Waals surface area contributed by atoms with Crippen molar-refractivity contribution < 1.29 is 4.39 Å². The van der Waals surface area contributed by atoms with Crippen LogP contribution < -0.4 is 5.32 Å². The van der Waals surface area contributed by atoms with Gasteiger partial charge in [-0.05, 0) is 31.2 Å². The predicted molar refractivity (Wildman–Crippen MR) is 77.1 cm³/mol. The van der Waals surface area contributed by atoms with E-state index in [1.165, 1.54) is 23.5 Å². The predicted octanol–water partition coefficient (Wildman–Crippen LogP) is 3.85. The maximum Gasteiger partial charge on any atom is 0.182 e. The number of pyridine rings is 1. The van der Waals surface area contributed by atoms with Crippen LogP contribution in [0.25, 0.3) is 22.2 Å². The Hall–Kier alpha value is -2.01. The molecular weight excluding hydrogens is 261 g/mol. The number of rotatable bonds is 2. The molecule has 0 aliphatic rings. The maximum absolute atomic E-state index is 13.4. The largest absolute Gasteiger partial charge is 0.365 e. The maximum atomic E-state index is 13.4. The normalized spacial score (nSPS) is 10.9. The van der Waals surface area contributed by atoms with E-state index in [0.29, 0.717) is 0 Å². The van der Waals surface area contributed by atoms with Crippen molar-refractivity contribution in [1.82, 2.24) is 9.97 Å². The summed E-state index contributed by atoms with van der Waals surface area (Å²) in [7, 11) is 1.83. The molecule has 2 aromatic heterocycles. The summed E-state index contributed by atoms with van der Waals surface area (Å²) in [5.41, 5.74) is 3.44. The van der Waals surface area contributed by atoms with Crippen LogP contribution in [0.2, 0.25) is 0 Å². The number of aromatic nitrogens is 2. The topological polar surface area (TPSA) is 37.8 Å². The van der Waals surface area contributed by atoms with Crippen molar-refractivity contribution >= 4 is 27.4 Å². The standard InChI is InChI=1S/C14H12FN3S/c1-8-5-10(13-7-19-14(16-2)18-13)11-6-9(15)3-4-12(11)17-8/h3-7H,1-2H3,(H,16,18). The second kappa shape index (κ2) is 4.59. The van der Waals surface area contributed by atoms with E-state index in [9.17, 15) is 4.39 Å². The molecule has 0 aliphatic heterocycles. The van der Waals surface area contributed by atoms with Crippen LogP contribution in [0, 0.1) is 12.7 Å². The van der Waals surface area contributed by atoms with Gasteiger partial charge in [0.05, 0.1) is 11.2 Å². The molecule has 0 aliphatic carbocycles. The third kappa shape index (κ3) is 2.17. The van der Waals surface area contributed by atoms with Crippen LogP contribution in [0.1, 0.15) is 5.69 Å². The summed E-state index contributed by atoms with van der Waals surface area (Å²) in [4.78, 5) is 8.90. The van der Waals surface area contributed by atoms with Crippen LogP contribution in [0.4, 0.5) is 9.52 Å². The number of benzene rings is 1. The highest BCUT2D eigenvalue weighted by molar-refractivity contribution is 7.14. The average molecular weight is 273 g/mol. The molecule has 2 heterocycles. The smallest absolute Gasteiger partial charge is 0.182 e. The molecule has 0 saturated carbocycles. The molecule has 1 aromatic carbocycles. The lowest BCUT2D eigenvalue weighted by molar-refractivity contribution is 0.629. The van der Waals surface area contributed by atoms with E-state index in [1.54, 1.807) is 6.07 Å². The number of hydrogen-bond donors (Lipinski definition) is 1. The van der Waals surface area contributed by atoms with E-state index in [1.807, 2.05) is 25.4 Å². The quantitative estimate of drug-likeness (QED) is 0.770. The van der Waals surface area contributed by atoms with Crippen molar-refractivity contribution in [1.29, 1.82) is 0 Å². The van der Waals surface area contributed by atoms with Crippen molar-refractivity contribution in [3.05, 3.63) is 41.2 Å². The molecule has 0 amide bonds. The number of thiazole rings is 1. The number of nitrogens with zero attached hydrogens (tertiary/aromatic N) is 2. The first-order chi connectivity index (χ1) is 9.17. The SMILES string of the molecule is CNc1nc(-c2cc(C)nc3ccc(F)cc23)cs1. The van der Waals surface area contributed by atoms with Gasteiger partial charge in [-0.1, -0.05) is 0 Å². The average Bonchev–Trinajstić information content (AvgIpc) is 2.87. The van der Waals surface area contributed by atoms with Gasteiger partial charge in [-0.3, -0.25) is 4.98 Å². The van der Waals surface area contributed by atoms with Crippen LogP contribution >= 0.6 is 11.3 Å². The molecular formula is C14H12FN3S. The summed E-state index contributed by atoms with van der Waals surface area (Å²) >= 11 is 1.53. The summed E-state index contributed by atoms with van der Waals surface area (Å²) in [6.45, 7) is 1.93. The Bertz CT molecular complexity index is 752. The second-order valence-corrected chi connectivity index (χ2v) is 5.12. The highest BCUT2D eigenvalue weighted by Crippen LogP contribution is 2.31. The van der Waals surface area contributed by atoms with Gasteiger partial charge in [0.2, 0.25) is 0 Å². The van der Waals surface area contributed by atoms with Gasteiger partial charge in [-0.15, -0.1) is 11.3 Å². The Morgan fingerprint density at radius 2 is 2.05 bits per heavy atom. The number of hydrogen-bond acceptors (Lipinski definition) is 4. The first-order valence-corrected chi connectivity index (χ1v) is 6.76. The lowest BCUT2D eigenvalue weighted by Gasteiger charge is -2.05. The van der Waals surface area contributed by atoms with E-state index in [2.05, 4.69) is 15.3 Å². The minimum absolute atomic E-state index is 0.261. The van der Waals surface area contributed by atoms with Crippen LogP contribution in [-0.4, -0.2) is 17.0 Å². The number of nitrogens with one attached hydrogen (secondary N) is 1. The molecule has 19 heavy (non-hydrogen) atoms. The summed E-state index contributed by atoms with van der Waals surface area (Å²) in [6.07, 6.45) is 0. The Labute approximate surface area is 114 Å². The van der Waals surface area contributed by atoms with E-state index in [4.69, 9.17) is 0 Å². The molecule has 0 radical (unpaired) electrons. The fourth-order valence-corrected chi connectivity index (χ4v) is 2.73. The van der Waals surface area contributed by atoms with Crippen molar-refractivity contribution in [2.24, 2.45) is 0 Å². The van der Waals surface area contributed by atoms with Gasteiger partial charge in [-0.25, -0.2) is 9.37 Å². The Balaban J connectivity index is 2.29. The Morgan fingerprint density at radius 1 is 1.21 bits per heavy atom. The molecule has 96 valence electrons. The van der Waals surface area contributed by atoms with E-state index in [-0.39, 0.29) is 5.82 Å². The van der Waals surface area contributed by atoms with Gasteiger partial charge in [0, 0.05) is 29.1 Å². The van der Waals surface area contributed by atoms with E-state index >= 15 is 0 Å². The molecule has 0 spiro atoms. The lowest BCUT2D eigenvalue weighted by Crippen LogP contribution is -1.91. The number of anilines is 1. The molecule has 0 saturated heterocycles. The van der Waals surface area contributed by atoms with Gasteiger partial charge >= 0.3 is 0 Å². The van der Waals surface area contributed by atoms with Gasteiger partial charge in [0.1, 0.15) is 5.82 Å². The molecule has 0 unspecified atom stereocenters. The summed E-state index contributed by atoms with van der Waals surface area (Å²) < 4.78 is 13.4. The summed E-state index contributed by atoms with van der Waals surface area (Å²) in [6, 6.07) is 6.58. The Kier molecular flexibility index (Phi) is 2.91. The summed E-state index contributed by atoms with van der Waals surface area (Å²) in [5.74, 6) is -0.261. The zero-order chi connectivity index (χ0) is 13.4. The fourth-order valence-electron chi connectivity index (χ4n) is 2.05. The molecule has 3 aromatic rings. The third-order valence-electron chi connectivity index (χ3n) is 2.89. The van der Waals surface area contributed by atoms with E-state index in [0.717, 1.165) is 33.0 Å². The van der Waals surface area contributed by atoms with Crippen molar-refractivity contribution in [2.45, 2.75) is 6.92 Å². The van der Waals surface area contributed by atoms with Gasteiger partial charge in [-0.2, -0.15) is 0 Å². The van der Waals surface area contributed by atoms with Crippen molar-refractivity contribution in [3.8, 4) is 11.3 Å². The van der Waals surface area contributed by atoms with E-state index < -0.39 is 0 Å². The number of fused-ring (bicyclic) bond motifs is 1. The molecule has 0 fully saturated rings. The monoisotopic (exact) mass is 273 g/mol. The van der Waals surface area contributed by atoms with Crippen molar-refractivity contribution in [2.75, 3.05) is 12.4 Å². The molecule has 0 bridgehead atoms. The molecule has 3 nitrogen and oxygen atoms in total. The zero-order valence-corrected chi connectivity index (χ0v) is 11.4. The second-order valence-electron chi connectivity index (χ2n) is 4.26. The first kappa shape index (κ1) is 12.0.